The molecule has 0 aromatic heterocycles. The molecule has 156 valence electrons. The van der Waals surface area contributed by atoms with E-state index in [0.717, 1.165) is 5.56 Å². The number of hydroxylamine groups is 2. The average Bonchev–Trinajstić information content (AvgIpc) is 3.11. The summed E-state index contributed by atoms with van der Waals surface area (Å²) in [5, 5.41) is 16.6. The van der Waals surface area contributed by atoms with Gasteiger partial charge in [0.2, 0.25) is 0 Å². The molecule has 0 spiro atoms. The number of nitrogens with one attached hydrogen (secondary N) is 1. The van der Waals surface area contributed by atoms with Crippen molar-refractivity contribution in [2.24, 2.45) is 0 Å². The predicted molar refractivity (Wildman–Crippen MR) is 113 cm³/mol. The fourth-order valence-electron chi connectivity index (χ4n) is 4.34. The Morgan fingerprint density at radius 3 is 2.17 bits per heavy atom. The number of nitrogens with zero attached hydrogens (tertiary/aromatic N) is 2. The lowest BCUT2D eigenvalue weighted by molar-refractivity contribution is -0.384. The molecule has 1 fully saturated rings. The summed E-state index contributed by atoms with van der Waals surface area (Å²) in [6.45, 7) is 9.75. The van der Waals surface area contributed by atoms with Crippen LogP contribution in [0.1, 0.15) is 45.7 Å². The van der Waals surface area contributed by atoms with Gasteiger partial charge in [-0.05, 0) is 52.3 Å². The third-order valence-electron chi connectivity index (χ3n) is 6.49. The average molecular weight is 407 g/mol. The molecule has 1 N–H and O–H groups in total. The number of carbonyl (C=O) groups excluding carboxylic acids is 1. The fourth-order valence-corrected chi connectivity index (χ4v) is 4.34. The summed E-state index contributed by atoms with van der Waals surface area (Å²) >= 11 is 0. The van der Waals surface area contributed by atoms with E-state index in [0.29, 0.717) is 16.9 Å². The Kier molecular flexibility index (Phi) is 4.38. The van der Waals surface area contributed by atoms with Crippen molar-refractivity contribution in [3.05, 3.63) is 81.4 Å². The minimum atomic E-state index is -1.07. The molecule has 0 bridgehead atoms. The second-order valence-corrected chi connectivity index (χ2v) is 8.84. The first kappa shape index (κ1) is 20.3. The van der Waals surface area contributed by atoms with Gasteiger partial charge in [-0.3, -0.25) is 20.2 Å². The van der Waals surface area contributed by atoms with Crippen LogP contribution in [-0.2, 0) is 15.3 Å². The molecule has 4 rings (SSSR count). The van der Waals surface area contributed by atoms with E-state index in [1.807, 2.05) is 35.4 Å². The molecule has 0 aliphatic carbocycles. The van der Waals surface area contributed by atoms with Crippen LogP contribution in [0.15, 0.2) is 60.2 Å². The van der Waals surface area contributed by atoms with Crippen LogP contribution < -0.4 is 5.32 Å². The van der Waals surface area contributed by atoms with E-state index in [1.54, 1.807) is 12.1 Å². The molecule has 2 aromatic carbocycles. The number of fused-ring (bicyclic) bond motifs is 1. The monoisotopic (exact) mass is 407 g/mol. The number of hydrogen-bond acceptors (Lipinski definition) is 6. The number of benzene rings is 2. The molecular weight excluding hydrogens is 382 g/mol. The fraction of sp³-hybridized carbons (Fsp3) is 0.348. The van der Waals surface area contributed by atoms with Crippen LogP contribution in [0.3, 0.4) is 0 Å². The minimum absolute atomic E-state index is 0.00577. The second kappa shape index (κ2) is 6.48. The van der Waals surface area contributed by atoms with Gasteiger partial charge in [-0.15, -0.1) is 5.06 Å². The van der Waals surface area contributed by atoms with Crippen molar-refractivity contribution >= 4 is 17.2 Å². The summed E-state index contributed by atoms with van der Waals surface area (Å²) in [4.78, 5) is 30.2. The van der Waals surface area contributed by atoms with Gasteiger partial charge in [-0.2, -0.15) is 0 Å². The van der Waals surface area contributed by atoms with E-state index >= 15 is 0 Å². The summed E-state index contributed by atoms with van der Waals surface area (Å²) in [6, 6.07) is 15.8. The molecule has 2 aliphatic rings. The number of carbonyl (C=O) groups is 1. The van der Waals surface area contributed by atoms with Gasteiger partial charge >= 0.3 is 0 Å². The number of hydrogen-bond donors (Lipinski definition) is 1. The number of nitro benzene ring substituents is 1. The van der Waals surface area contributed by atoms with Gasteiger partial charge in [0.25, 0.3) is 5.69 Å². The summed E-state index contributed by atoms with van der Waals surface area (Å²) in [5.41, 5.74) is -0.0188. The Bertz CT molecular complexity index is 1060. The van der Waals surface area contributed by atoms with Crippen LogP contribution in [0, 0.1) is 10.1 Å². The lowest BCUT2D eigenvalue weighted by Gasteiger charge is -2.39. The lowest BCUT2D eigenvalue weighted by atomic mass is 9.84. The molecule has 0 saturated carbocycles. The summed E-state index contributed by atoms with van der Waals surface area (Å²) in [6.07, 6.45) is 0. The Labute approximate surface area is 175 Å². The zero-order valence-corrected chi connectivity index (χ0v) is 17.7. The molecule has 2 aromatic rings. The van der Waals surface area contributed by atoms with Crippen LogP contribution in [0.2, 0.25) is 0 Å². The molecule has 7 heteroatoms. The van der Waals surface area contributed by atoms with Crippen molar-refractivity contribution in [2.75, 3.05) is 0 Å². The van der Waals surface area contributed by atoms with Crippen LogP contribution in [0.5, 0.6) is 0 Å². The van der Waals surface area contributed by atoms with Gasteiger partial charge in [-0.25, -0.2) is 0 Å². The summed E-state index contributed by atoms with van der Waals surface area (Å²) in [7, 11) is 0. The second-order valence-electron chi connectivity index (χ2n) is 8.84. The van der Waals surface area contributed by atoms with Crippen LogP contribution >= 0.6 is 0 Å². The van der Waals surface area contributed by atoms with Crippen molar-refractivity contribution in [1.29, 1.82) is 0 Å². The topological polar surface area (TPSA) is 84.7 Å². The van der Waals surface area contributed by atoms with Gasteiger partial charge in [0.05, 0.1) is 16.0 Å². The van der Waals surface area contributed by atoms with Crippen molar-refractivity contribution < 1.29 is 14.6 Å². The third-order valence-corrected chi connectivity index (χ3v) is 6.49. The highest BCUT2D eigenvalue weighted by Gasteiger charge is 2.68. The first-order chi connectivity index (χ1) is 14.0. The Morgan fingerprint density at radius 2 is 1.63 bits per heavy atom. The molecule has 2 heterocycles. The molecule has 2 aliphatic heterocycles. The molecule has 1 unspecified atom stereocenters. The molecular formula is C23H25N3O4. The van der Waals surface area contributed by atoms with Crippen LogP contribution in [-0.4, -0.2) is 26.8 Å². The van der Waals surface area contributed by atoms with Crippen molar-refractivity contribution in [3.63, 3.8) is 0 Å². The highest BCUT2D eigenvalue weighted by molar-refractivity contribution is 6.03. The van der Waals surface area contributed by atoms with Crippen molar-refractivity contribution in [3.8, 4) is 0 Å². The van der Waals surface area contributed by atoms with Gasteiger partial charge in [0.1, 0.15) is 0 Å². The third kappa shape index (κ3) is 2.62. The van der Waals surface area contributed by atoms with Crippen LogP contribution in [0.25, 0.3) is 5.76 Å². The Morgan fingerprint density at radius 1 is 1.03 bits per heavy atom. The first-order valence-corrected chi connectivity index (χ1v) is 9.86. The Hall–Kier alpha value is -3.03. The number of rotatable bonds is 4. The van der Waals surface area contributed by atoms with E-state index in [2.05, 4.69) is 33.0 Å². The first-order valence-electron chi connectivity index (χ1n) is 9.86. The van der Waals surface area contributed by atoms with Gasteiger partial charge in [0.15, 0.2) is 17.2 Å². The van der Waals surface area contributed by atoms with E-state index < -0.39 is 21.7 Å². The summed E-state index contributed by atoms with van der Waals surface area (Å²) in [5.74, 6) is 0.369. The molecule has 0 radical (unpaired) electrons. The maximum absolute atomic E-state index is 13.0. The van der Waals surface area contributed by atoms with E-state index in [1.165, 1.54) is 19.1 Å². The zero-order valence-electron chi connectivity index (χ0n) is 17.7. The van der Waals surface area contributed by atoms with Crippen LogP contribution in [0.4, 0.5) is 5.69 Å². The molecule has 1 saturated heterocycles. The maximum Gasteiger partial charge on any atom is 0.269 e. The Balaban J connectivity index is 2.01. The van der Waals surface area contributed by atoms with E-state index in [9.17, 15) is 14.9 Å². The molecule has 7 nitrogen and oxygen atoms in total. The SMILES string of the molecule is CC(=O)C1=C(c2ccccc2)ON2C1(c1ccc([N+](=O)[O-])cc1)NC(C)(C)C2(C)C. The zero-order chi connectivity index (χ0) is 21.9. The number of Topliss-reactive ketones (excluding diaryl/α,β-unsaturated/α-hetero) is 1. The highest BCUT2D eigenvalue weighted by atomic mass is 16.7. The number of non-ortho nitro benzene ring substituents is 1. The van der Waals surface area contributed by atoms with Gasteiger partial charge in [0, 0.05) is 23.2 Å². The number of nitro groups is 1. The normalized spacial score (nSPS) is 24.4. The van der Waals surface area contributed by atoms with E-state index in [-0.39, 0.29) is 11.5 Å². The molecule has 0 amide bonds. The largest absolute Gasteiger partial charge is 0.402 e. The molecule has 1 atom stereocenters. The minimum Gasteiger partial charge on any atom is -0.402 e. The lowest BCUT2D eigenvalue weighted by Crippen LogP contribution is -2.52. The van der Waals surface area contributed by atoms with Crippen molar-refractivity contribution in [1.82, 2.24) is 10.4 Å². The van der Waals surface area contributed by atoms with Gasteiger partial charge < -0.3 is 4.84 Å². The molecule has 30 heavy (non-hydrogen) atoms. The highest BCUT2D eigenvalue weighted by Crippen LogP contribution is 2.56. The maximum atomic E-state index is 13.0. The van der Waals surface area contributed by atoms with Gasteiger partial charge in [-0.1, -0.05) is 30.3 Å². The van der Waals surface area contributed by atoms with Crippen molar-refractivity contribution in [2.45, 2.75) is 51.4 Å². The smallest absolute Gasteiger partial charge is 0.269 e. The quantitative estimate of drug-likeness (QED) is 0.605. The summed E-state index contributed by atoms with van der Waals surface area (Å²) < 4.78 is 0. The number of ketones is 1. The predicted octanol–water partition coefficient (Wildman–Crippen LogP) is 4.16. The van der Waals surface area contributed by atoms with E-state index in [4.69, 9.17) is 4.84 Å². The standard InChI is InChI=1S/C23H25N3O4/c1-15(27)19-20(16-9-7-6-8-10-16)30-26-22(4,5)21(2,3)24-23(19,26)17-11-13-18(14-12-17)25(28)29/h6-14,24H,1-5H3.